The summed E-state index contributed by atoms with van der Waals surface area (Å²) in [4.78, 5) is 11.9. The van der Waals surface area contributed by atoms with E-state index in [2.05, 4.69) is 58.1 Å². The summed E-state index contributed by atoms with van der Waals surface area (Å²) in [7, 11) is 0. The largest absolute Gasteiger partial charge is 0.360 e. The van der Waals surface area contributed by atoms with E-state index in [9.17, 15) is 0 Å². The van der Waals surface area contributed by atoms with Gasteiger partial charge in [0.25, 0.3) is 0 Å². The molecule has 1 N–H and O–H groups in total. The van der Waals surface area contributed by atoms with Crippen molar-refractivity contribution in [2.24, 2.45) is 9.98 Å². The van der Waals surface area contributed by atoms with Crippen molar-refractivity contribution in [1.29, 1.82) is 0 Å². The van der Waals surface area contributed by atoms with Crippen LogP contribution in [-0.2, 0) is 19.6 Å². The van der Waals surface area contributed by atoms with E-state index in [1.54, 1.807) is 23.5 Å². The number of amidine groups is 2. The highest BCUT2D eigenvalue weighted by atomic mass is 32.2. The van der Waals surface area contributed by atoms with Crippen molar-refractivity contribution in [2.75, 3.05) is 5.75 Å². The number of nitrogens with one attached hydrogen (secondary N) is 1. The van der Waals surface area contributed by atoms with Gasteiger partial charge in [0.05, 0.1) is 18.8 Å². The molecule has 0 radical (unpaired) electrons. The highest BCUT2D eigenvalue weighted by Gasteiger charge is 2.26. The van der Waals surface area contributed by atoms with E-state index in [1.807, 2.05) is 6.07 Å². The van der Waals surface area contributed by atoms with Crippen LogP contribution in [0.2, 0.25) is 0 Å². The fourth-order valence-electron chi connectivity index (χ4n) is 3.28. The number of hydrogen-bond donors (Lipinski definition) is 1. The van der Waals surface area contributed by atoms with Crippen LogP contribution in [0.4, 0.5) is 5.69 Å². The number of thioether (sulfide) groups is 2. The average Bonchev–Trinajstić information content (AvgIpc) is 2.97. The third-order valence-electron chi connectivity index (χ3n) is 4.71. The van der Waals surface area contributed by atoms with Crippen LogP contribution in [0.15, 0.2) is 69.6 Å². The van der Waals surface area contributed by atoms with Crippen molar-refractivity contribution in [2.45, 2.75) is 19.6 Å². The van der Waals surface area contributed by atoms with Gasteiger partial charge in [-0.05, 0) is 28.2 Å². The van der Waals surface area contributed by atoms with Gasteiger partial charge >= 0.3 is 0 Å². The zero-order valence-corrected chi connectivity index (χ0v) is 15.8. The zero-order valence-electron chi connectivity index (χ0n) is 14.2. The lowest BCUT2D eigenvalue weighted by molar-refractivity contribution is 0.529. The predicted octanol–water partition coefficient (Wildman–Crippen LogP) is 4.47. The minimum atomic E-state index is 0.772. The molecule has 2 aromatic rings. The summed E-state index contributed by atoms with van der Waals surface area (Å²) in [5, 5.41) is 7.77. The number of para-hydroxylation sites is 1. The molecular weight excluding hydrogens is 360 g/mol. The summed E-state index contributed by atoms with van der Waals surface area (Å²) >= 11 is 3.50. The highest BCUT2D eigenvalue weighted by molar-refractivity contribution is 8.17. The third-order valence-corrected chi connectivity index (χ3v) is 6.61. The van der Waals surface area contributed by atoms with Gasteiger partial charge in [-0.15, -0.1) is 0 Å². The number of rotatable bonds is 2. The molecule has 0 unspecified atom stereocenters. The molecule has 3 heterocycles. The lowest BCUT2D eigenvalue weighted by Gasteiger charge is -2.22. The summed E-state index contributed by atoms with van der Waals surface area (Å²) in [6.07, 6.45) is 0. The minimum Gasteiger partial charge on any atom is -0.360 e. The van der Waals surface area contributed by atoms with Crippen molar-refractivity contribution in [1.82, 2.24) is 10.2 Å². The molecule has 130 valence electrons. The highest BCUT2D eigenvalue weighted by Crippen LogP contribution is 2.34. The Morgan fingerprint density at radius 3 is 2.77 bits per heavy atom. The van der Waals surface area contributed by atoms with Gasteiger partial charge in [0.1, 0.15) is 0 Å². The van der Waals surface area contributed by atoms with Crippen LogP contribution in [0.25, 0.3) is 0 Å². The van der Waals surface area contributed by atoms with Crippen LogP contribution in [0, 0.1) is 0 Å². The topological polar surface area (TPSA) is 40.0 Å². The first kappa shape index (κ1) is 16.0. The Labute approximate surface area is 161 Å². The Bertz CT molecular complexity index is 948. The Morgan fingerprint density at radius 2 is 1.85 bits per heavy atom. The minimum absolute atomic E-state index is 0.772. The molecule has 0 aromatic heterocycles. The first-order valence-electron chi connectivity index (χ1n) is 8.64. The van der Waals surface area contributed by atoms with E-state index in [0.29, 0.717) is 0 Å². The van der Waals surface area contributed by atoms with Gasteiger partial charge in [-0.2, -0.15) is 0 Å². The molecule has 2 aromatic carbocycles. The monoisotopic (exact) mass is 378 g/mol. The lowest BCUT2D eigenvalue weighted by atomic mass is 10.1. The van der Waals surface area contributed by atoms with Crippen LogP contribution in [-0.4, -0.2) is 21.0 Å². The van der Waals surface area contributed by atoms with Crippen LogP contribution in [0.1, 0.15) is 16.7 Å². The van der Waals surface area contributed by atoms with Gasteiger partial charge in [-0.1, -0.05) is 66.0 Å². The van der Waals surface area contributed by atoms with Gasteiger partial charge in [-0.25, -0.2) is 4.99 Å². The van der Waals surface area contributed by atoms with E-state index in [1.165, 1.54) is 22.4 Å². The van der Waals surface area contributed by atoms with Crippen molar-refractivity contribution in [3.8, 4) is 0 Å². The first-order chi connectivity index (χ1) is 12.9. The lowest BCUT2D eigenvalue weighted by Crippen LogP contribution is -2.27. The van der Waals surface area contributed by atoms with Gasteiger partial charge in [0.2, 0.25) is 0 Å². The zero-order chi connectivity index (χ0) is 17.3. The standard InChI is InChI=1S/C20H18N4S2/c1-2-7-16-11-24-17(13-26-20(24)22-9-14(16)5-1)12-25-19-21-10-15-6-3-4-8-18(15)23-19/h1-8,13H,9-12H2,(H,21,23). The fraction of sp³-hybridized carbons (Fsp3) is 0.200. The van der Waals surface area contributed by atoms with Crippen LogP contribution in [0.3, 0.4) is 0 Å². The molecule has 0 bridgehead atoms. The van der Waals surface area contributed by atoms with E-state index < -0.39 is 0 Å². The number of fused-ring (bicyclic) bond motifs is 3. The van der Waals surface area contributed by atoms with Crippen molar-refractivity contribution < 1.29 is 0 Å². The number of nitrogens with zero attached hydrogens (tertiary/aromatic N) is 3. The maximum Gasteiger partial charge on any atom is 0.168 e. The fourth-order valence-corrected chi connectivity index (χ4v) is 5.15. The summed E-state index contributed by atoms with van der Waals surface area (Å²) < 4.78 is 0. The number of benzene rings is 2. The molecule has 3 aliphatic rings. The molecule has 5 rings (SSSR count). The molecule has 0 amide bonds. The molecule has 0 fully saturated rings. The Balaban J connectivity index is 1.31. The Hall–Kier alpha value is -2.18. The molecule has 0 spiro atoms. The number of hydrogen-bond acceptors (Lipinski definition) is 6. The van der Waals surface area contributed by atoms with Gasteiger partial charge in [0, 0.05) is 18.0 Å². The second kappa shape index (κ2) is 6.85. The van der Waals surface area contributed by atoms with E-state index >= 15 is 0 Å². The molecule has 0 atom stereocenters. The van der Waals surface area contributed by atoms with E-state index in [0.717, 1.165) is 41.4 Å². The summed E-state index contributed by atoms with van der Waals surface area (Å²) in [5.74, 6) is 0.891. The molecule has 6 heteroatoms. The SMILES string of the molecule is C1=C(CSC2=Nc3ccccc3CN2)N2Cc3ccccc3CN=C2S1. The first-order valence-corrected chi connectivity index (χ1v) is 10.5. The smallest absolute Gasteiger partial charge is 0.168 e. The molecule has 0 saturated heterocycles. The predicted molar refractivity (Wildman–Crippen MR) is 112 cm³/mol. The van der Waals surface area contributed by atoms with Crippen LogP contribution in [0.5, 0.6) is 0 Å². The maximum absolute atomic E-state index is 4.80. The molecule has 26 heavy (non-hydrogen) atoms. The van der Waals surface area contributed by atoms with E-state index in [4.69, 9.17) is 9.98 Å². The maximum atomic E-state index is 4.80. The summed E-state index contributed by atoms with van der Waals surface area (Å²) in [5.41, 5.74) is 6.34. The molecule has 0 saturated carbocycles. The molecule has 0 aliphatic carbocycles. The normalized spacial score (nSPS) is 17.8. The van der Waals surface area contributed by atoms with Crippen molar-refractivity contribution >= 4 is 39.5 Å². The number of aliphatic imine (C=N–C) groups is 2. The van der Waals surface area contributed by atoms with Crippen molar-refractivity contribution in [3.05, 3.63) is 76.3 Å². The molecular formula is C20H18N4S2. The van der Waals surface area contributed by atoms with Gasteiger partial charge in [-0.3, -0.25) is 4.99 Å². The molecule has 3 aliphatic heterocycles. The second-order valence-electron chi connectivity index (χ2n) is 6.37. The van der Waals surface area contributed by atoms with Gasteiger partial charge < -0.3 is 10.2 Å². The average molecular weight is 379 g/mol. The molecule has 4 nitrogen and oxygen atoms in total. The third kappa shape index (κ3) is 3.04. The Morgan fingerprint density at radius 1 is 1.04 bits per heavy atom. The quantitative estimate of drug-likeness (QED) is 0.837. The second-order valence-corrected chi connectivity index (χ2v) is 8.17. The van der Waals surface area contributed by atoms with Crippen molar-refractivity contribution in [3.63, 3.8) is 0 Å². The van der Waals surface area contributed by atoms with Crippen LogP contribution < -0.4 is 5.32 Å². The Kier molecular flexibility index (Phi) is 4.22. The van der Waals surface area contributed by atoms with Crippen LogP contribution >= 0.6 is 23.5 Å². The van der Waals surface area contributed by atoms with Gasteiger partial charge in [0.15, 0.2) is 10.3 Å². The summed E-state index contributed by atoms with van der Waals surface area (Å²) in [6, 6.07) is 16.9. The summed E-state index contributed by atoms with van der Waals surface area (Å²) in [6.45, 7) is 2.52. The van der Waals surface area contributed by atoms with E-state index in [-0.39, 0.29) is 0 Å².